The smallest absolute Gasteiger partial charge is 0.321 e. The summed E-state index contributed by atoms with van der Waals surface area (Å²) >= 11 is 0. The first-order valence-corrected chi connectivity index (χ1v) is 5.70. The molecule has 0 atom stereocenters. The molecule has 106 valence electrons. The maximum Gasteiger partial charge on any atom is 0.416 e. The van der Waals surface area contributed by atoms with Crippen LogP contribution in [0.5, 0.6) is 0 Å². The Balaban J connectivity index is 2.10. The van der Waals surface area contributed by atoms with E-state index in [0.29, 0.717) is 0 Å². The van der Waals surface area contributed by atoms with E-state index in [1.165, 1.54) is 12.1 Å². The summed E-state index contributed by atoms with van der Waals surface area (Å²) in [7, 11) is 0. The molecule has 0 radical (unpaired) electrons. The SMILES string of the molecule is O=C1CCC(C(=O)Nc2cccc(C(F)(F)F)c2)=NN1. The number of carbonyl (C=O) groups is 2. The van der Waals surface area contributed by atoms with Crippen LogP contribution < -0.4 is 10.7 Å². The number of hydrazone groups is 1. The van der Waals surface area contributed by atoms with Crippen LogP contribution in [0.3, 0.4) is 0 Å². The quantitative estimate of drug-likeness (QED) is 0.871. The number of hydrogen-bond acceptors (Lipinski definition) is 3. The van der Waals surface area contributed by atoms with Gasteiger partial charge in [-0.2, -0.15) is 18.3 Å². The van der Waals surface area contributed by atoms with Crippen molar-refractivity contribution in [1.29, 1.82) is 0 Å². The van der Waals surface area contributed by atoms with Crippen LogP contribution in [0.25, 0.3) is 0 Å². The maximum absolute atomic E-state index is 12.5. The molecule has 2 amide bonds. The van der Waals surface area contributed by atoms with E-state index in [0.717, 1.165) is 12.1 Å². The van der Waals surface area contributed by atoms with E-state index in [1.54, 1.807) is 0 Å². The summed E-state index contributed by atoms with van der Waals surface area (Å²) in [6.07, 6.45) is -4.21. The van der Waals surface area contributed by atoms with Crippen LogP contribution in [0.15, 0.2) is 29.4 Å². The van der Waals surface area contributed by atoms with E-state index in [2.05, 4.69) is 15.8 Å². The minimum atomic E-state index is -4.48. The molecule has 0 spiro atoms. The van der Waals surface area contributed by atoms with E-state index >= 15 is 0 Å². The molecule has 2 N–H and O–H groups in total. The molecular weight excluding hydrogens is 275 g/mol. The van der Waals surface area contributed by atoms with Crippen molar-refractivity contribution in [3.63, 3.8) is 0 Å². The third-order valence-electron chi connectivity index (χ3n) is 2.61. The second-order valence-corrected chi connectivity index (χ2v) is 4.13. The lowest BCUT2D eigenvalue weighted by Gasteiger charge is -2.13. The van der Waals surface area contributed by atoms with E-state index in [1.807, 2.05) is 0 Å². The van der Waals surface area contributed by atoms with Crippen molar-refractivity contribution in [2.45, 2.75) is 19.0 Å². The zero-order chi connectivity index (χ0) is 14.8. The third kappa shape index (κ3) is 3.34. The second kappa shape index (κ2) is 5.32. The fraction of sp³-hybridized carbons (Fsp3) is 0.250. The minimum Gasteiger partial charge on any atom is -0.321 e. The fourth-order valence-electron chi connectivity index (χ4n) is 1.61. The molecule has 0 saturated heterocycles. The lowest BCUT2D eigenvalue weighted by Crippen LogP contribution is -2.32. The highest BCUT2D eigenvalue weighted by Crippen LogP contribution is 2.30. The van der Waals surface area contributed by atoms with Gasteiger partial charge in [0.05, 0.1) is 5.56 Å². The highest BCUT2D eigenvalue weighted by molar-refractivity contribution is 6.43. The largest absolute Gasteiger partial charge is 0.416 e. The second-order valence-electron chi connectivity index (χ2n) is 4.13. The third-order valence-corrected chi connectivity index (χ3v) is 2.61. The molecule has 8 heteroatoms. The summed E-state index contributed by atoms with van der Waals surface area (Å²) in [6.45, 7) is 0. The number of amides is 2. The van der Waals surface area contributed by atoms with Crippen molar-refractivity contribution in [3.8, 4) is 0 Å². The zero-order valence-electron chi connectivity index (χ0n) is 10.1. The van der Waals surface area contributed by atoms with Crippen molar-refractivity contribution in [2.75, 3.05) is 5.32 Å². The van der Waals surface area contributed by atoms with Gasteiger partial charge in [0.1, 0.15) is 5.71 Å². The lowest BCUT2D eigenvalue weighted by atomic mass is 10.1. The number of rotatable bonds is 2. The summed E-state index contributed by atoms with van der Waals surface area (Å²) in [5.74, 6) is -0.940. The van der Waals surface area contributed by atoms with E-state index in [4.69, 9.17) is 0 Å². The molecule has 0 bridgehead atoms. The first kappa shape index (κ1) is 14.0. The van der Waals surface area contributed by atoms with Gasteiger partial charge in [0.2, 0.25) is 5.91 Å². The number of alkyl halides is 3. The maximum atomic E-state index is 12.5. The average molecular weight is 285 g/mol. The van der Waals surface area contributed by atoms with Gasteiger partial charge in [-0.3, -0.25) is 9.59 Å². The van der Waals surface area contributed by atoms with E-state index in [-0.39, 0.29) is 30.1 Å². The van der Waals surface area contributed by atoms with E-state index < -0.39 is 17.6 Å². The normalized spacial score (nSPS) is 15.3. The average Bonchev–Trinajstić information content (AvgIpc) is 2.38. The summed E-state index contributed by atoms with van der Waals surface area (Å²) in [4.78, 5) is 22.6. The predicted octanol–water partition coefficient (Wildman–Crippen LogP) is 1.91. The van der Waals surface area contributed by atoms with Crippen molar-refractivity contribution < 1.29 is 22.8 Å². The highest BCUT2D eigenvalue weighted by Gasteiger charge is 2.30. The fourth-order valence-corrected chi connectivity index (χ4v) is 1.61. The minimum absolute atomic E-state index is 0.0180. The molecule has 0 fully saturated rings. The summed E-state index contributed by atoms with van der Waals surface area (Å²) < 4.78 is 37.6. The van der Waals surface area contributed by atoms with Crippen LogP contribution in [0, 0.1) is 0 Å². The van der Waals surface area contributed by atoms with Crippen LogP contribution in [0.4, 0.5) is 18.9 Å². The Kier molecular flexibility index (Phi) is 3.73. The summed E-state index contributed by atoms with van der Waals surface area (Å²) in [6, 6.07) is 4.28. The Morgan fingerprint density at radius 1 is 1.30 bits per heavy atom. The van der Waals surface area contributed by atoms with Crippen molar-refractivity contribution in [1.82, 2.24) is 5.43 Å². The van der Waals surface area contributed by atoms with Gasteiger partial charge < -0.3 is 5.32 Å². The summed E-state index contributed by atoms with van der Waals surface area (Å²) in [5, 5.41) is 5.88. The molecule has 5 nitrogen and oxygen atoms in total. The molecule has 20 heavy (non-hydrogen) atoms. The molecule has 0 unspecified atom stereocenters. The van der Waals surface area contributed by atoms with Gasteiger partial charge in [0, 0.05) is 18.5 Å². The number of nitrogens with zero attached hydrogens (tertiary/aromatic N) is 1. The number of anilines is 1. The summed E-state index contributed by atoms with van der Waals surface area (Å²) in [5.41, 5.74) is 1.38. The van der Waals surface area contributed by atoms with Gasteiger partial charge in [0.25, 0.3) is 5.91 Å². The predicted molar refractivity (Wildman–Crippen MR) is 64.9 cm³/mol. The number of carbonyl (C=O) groups excluding carboxylic acids is 2. The molecule has 2 rings (SSSR count). The molecule has 1 aliphatic rings. The van der Waals surface area contributed by atoms with Gasteiger partial charge in [-0.15, -0.1) is 0 Å². The van der Waals surface area contributed by atoms with Gasteiger partial charge in [-0.25, -0.2) is 5.43 Å². The molecular formula is C12H10F3N3O2. The van der Waals surface area contributed by atoms with Crippen LogP contribution >= 0.6 is 0 Å². The molecule has 1 aromatic carbocycles. The van der Waals surface area contributed by atoms with Crippen molar-refractivity contribution >= 4 is 23.2 Å². The molecule has 1 aliphatic heterocycles. The molecule has 0 saturated carbocycles. The van der Waals surface area contributed by atoms with Gasteiger partial charge in [-0.05, 0) is 18.2 Å². The first-order valence-electron chi connectivity index (χ1n) is 5.70. The molecule has 1 heterocycles. The standard InChI is InChI=1S/C12H10F3N3O2/c13-12(14,15)7-2-1-3-8(6-7)16-11(20)9-4-5-10(19)18-17-9/h1-3,6H,4-5H2,(H,16,20)(H,18,19). The van der Waals surface area contributed by atoms with Crippen LogP contribution in [0.1, 0.15) is 18.4 Å². The van der Waals surface area contributed by atoms with Crippen molar-refractivity contribution in [3.05, 3.63) is 29.8 Å². The van der Waals surface area contributed by atoms with Gasteiger partial charge in [-0.1, -0.05) is 6.07 Å². The zero-order valence-corrected chi connectivity index (χ0v) is 10.1. The molecule has 0 aliphatic carbocycles. The Morgan fingerprint density at radius 2 is 2.05 bits per heavy atom. The Labute approximate surface area is 111 Å². The topological polar surface area (TPSA) is 70.6 Å². The van der Waals surface area contributed by atoms with E-state index in [9.17, 15) is 22.8 Å². The Hall–Kier alpha value is -2.38. The Bertz CT molecular complexity index is 582. The van der Waals surface area contributed by atoms with Crippen molar-refractivity contribution in [2.24, 2.45) is 5.10 Å². The Morgan fingerprint density at radius 3 is 2.65 bits per heavy atom. The highest BCUT2D eigenvalue weighted by atomic mass is 19.4. The lowest BCUT2D eigenvalue weighted by molar-refractivity contribution is -0.137. The number of nitrogens with one attached hydrogen (secondary N) is 2. The van der Waals surface area contributed by atoms with Gasteiger partial charge >= 0.3 is 6.18 Å². The number of benzene rings is 1. The molecule has 0 aromatic heterocycles. The monoisotopic (exact) mass is 285 g/mol. The van der Waals surface area contributed by atoms with Crippen LogP contribution in [-0.4, -0.2) is 17.5 Å². The number of hydrogen-bond donors (Lipinski definition) is 2. The molecule has 1 aromatic rings. The van der Waals surface area contributed by atoms with Crippen LogP contribution in [-0.2, 0) is 15.8 Å². The first-order chi connectivity index (χ1) is 9.36. The number of halogens is 3. The van der Waals surface area contributed by atoms with Crippen LogP contribution in [0.2, 0.25) is 0 Å². The van der Waals surface area contributed by atoms with Gasteiger partial charge in [0.15, 0.2) is 0 Å².